The van der Waals surface area contributed by atoms with Crippen molar-refractivity contribution < 1.29 is 19.8 Å². The van der Waals surface area contributed by atoms with Crippen molar-refractivity contribution in [1.82, 2.24) is 10.2 Å². The molecule has 0 aromatic heterocycles. The third-order valence-electron chi connectivity index (χ3n) is 4.43. The summed E-state index contributed by atoms with van der Waals surface area (Å²) in [5.74, 6) is -1.06. The molecule has 0 aromatic rings. The molecule has 1 saturated heterocycles. The summed E-state index contributed by atoms with van der Waals surface area (Å²) in [5, 5.41) is 21.6. The molecule has 0 radical (unpaired) electrons. The Balaban J connectivity index is 1.81. The van der Waals surface area contributed by atoms with Crippen molar-refractivity contribution in [1.29, 1.82) is 0 Å². The fraction of sp³-hybridized carbons (Fsp3) is 0.857. The molecular weight excluding hydrogens is 260 g/mol. The lowest BCUT2D eigenvalue weighted by Gasteiger charge is -2.32. The molecule has 2 amide bonds. The molecule has 6 nitrogen and oxygen atoms in total. The first-order valence-electron chi connectivity index (χ1n) is 7.51. The third-order valence-corrected chi connectivity index (χ3v) is 4.43. The Kier molecular flexibility index (Phi) is 5.23. The van der Waals surface area contributed by atoms with Crippen LogP contribution in [0.5, 0.6) is 0 Å². The second-order valence-corrected chi connectivity index (χ2v) is 5.92. The highest BCUT2D eigenvalue weighted by molar-refractivity contribution is 5.74. The van der Waals surface area contributed by atoms with Gasteiger partial charge in [0.2, 0.25) is 0 Å². The monoisotopic (exact) mass is 284 g/mol. The molecule has 3 unspecified atom stereocenters. The van der Waals surface area contributed by atoms with Crippen LogP contribution in [0, 0.1) is 11.8 Å². The zero-order valence-electron chi connectivity index (χ0n) is 11.8. The van der Waals surface area contributed by atoms with Gasteiger partial charge in [-0.15, -0.1) is 0 Å². The number of carbonyl (C=O) groups excluding carboxylic acids is 1. The van der Waals surface area contributed by atoms with Crippen LogP contribution in [0.3, 0.4) is 0 Å². The van der Waals surface area contributed by atoms with Crippen molar-refractivity contribution in [3.63, 3.8) is 0 Å². The van der Waals surface area contributed by atoms with E-state index >= 15 is 0 Å². The van der Waals surface area contributed by atoms with E-state index in [4.69, 9.17) is 0 Å². The van der Waals surface area contributed by atoms with Crippen LogP contribution in [-0.2, 0) is 4.79 Å². The van der Waals surface area contributed by atoms with Crippen LogP contribution in [0.2, 0.25) is 0 Å². The van der Waals surface area contributed by atoms with Crippen molar-refractivity contribution in [2.24, 2.45) is 11.8 Å². The molecule has 0 bridgehead atoms. The Hall–Kier alpha value is -1.30. The first-order valence-corrected chi connectivity index (χ1v) is 7.51. The fourth-order valence-electron chi connectivity index (χ4n) is 3.25. The van der Waals surface area contributed by atoms with Gasteiger partial charge >= 0.3 is 12.0 Å². The number of likely N-dealkylation sites (tertiary alicyclic amines) is 1. The van der Waals surface area contributed by atoms with Crippen LogP contribution in [0.4, 0.5) is 4.79 Å². The largest absolute Gasteiger partial charge is 0.481 e. The Morgan fingerprint density at radius 3 is 2.60 bits per heavy atom. The minimum Gasteiger partial charge on any atom is -0.481 e. The van der Waals surface area contributed by atoms with Gasteiger partial charge in [0.25, 0.3) is 0 Å². The van der Waals surface area contributed by atoms with Gasteiger partial charge in [-0.2, -0.15) is 0 Å². The Bertz CT molecular complexity index is 361. The molecule has 1 aliphatic carbocycles. The molecule has 1 saturated carbocycles. The zero-order valence-corrected chi connectivity index (χ0v) is 11.8. The molecule has 3 N–H and O–H groups in total. The number of aliphatic hydroxyl groups is 1. The number of rotatable bonds is 3. The summed E-state index contributed by atoms with van der Waals surface area (Å²) in [7, 11) is 0. The van der Waals surface area contributed by atoms with Gasteiger partial charge in [-0.05, 0) is 31.6 Å². The molecule has 2 rings (SSSR count). The Morgan fingerprint density at radius 1 is 1.15 bits per heavy atom. The maximum absolute atomic E-state index is 12.0. The van der Waals surface area contributed by atoms with Crippen molar-refractivity contribution in [2.75, 3.05) is 19.6 Å². The van der Waals surface area contributed by atoms with Crippen LogP contribution >= 0.6 is 0 Å². The molecule has 114 valence electrons. The van der Waals surface area contributed by atoms with Crippen LogP contribution in [0.25, 0.3) is 0 Å². The van der Waals surface area contributed by atoms with Crippen LogP contribution < -0.4 is 5.32 Å². The number of carboxylic acids is 1. The predicted octanol–water partition coefficient (Wildman–Crippen LogP) is 1.04. The summed E-state index contributed by atoms with van der Waals surface area (Å²) in [4.78, 5) is 24.8. The number of nitrogens with zero attached hydrogens (tertiary/aromatic N) is 1. The first-order chi connectivity index (χ1) is 9.58. The van der Waals surface area contributed by atoms with Crippen molar-refractivity contribution in [3.05, 3.63) is 0 Å². The highest BCUT2D eigenvalue weighted by Crippen LogP contribution is 2.29. The number of hydrogen-bond donors (Lipinski definition) is 3. The number of carboxylic acid groups (broad SMARTS) is 1. The lowest BCUT2D eigenvalue weighted by molar-refractivity contribution is -0.144. The van der Waals surface area contributed by atoms with Gasteiger partial charge in [0.05, 0.1) is 12.0 Å². The number of urea groups is 1. The normalized spacial score (nSPS) is 30.9. The summed E-state index contributed by atoms with van der Waals surface area (Å²) < 4.78 is 0. The van der Waals surface area contributed by atoms with E-state index in [1.54, 1.807) is 4.90 Å². The number of carbonyl (C=O) groups is 2. The molecule has 0 aromatic carbocycles. The van der Waals surface area contributed by atoms with Crippen molar-refractivity contribution in [2.45, 2.75) is 44.6 Å². The van der Waals surface area contributed by atoms with Gasteiger partial charge in [0.1, 0.15) is 0 Å². The molecule has 2 aliphatic rings. The lowest BCUT2D eigenvalue weighted by Crippen LogP contribution is -2.49. The quantitative estimate of drug-likeness (QED) is 0.722. The van der Waals surface area contributed by atoms with E-state index in [2.05, 4.69) is 5.32 Å². The number of nitrogens with one attached hydrogen (secondary N) is 1. The number of piperidine rings is 1. The molecule has 1 aliphatic heterocycles. The highest BCUT2D eigenvalue weighted by atomic mass is 16.4. The van der Waals surface area contributed by atoms with E-state index in [1.807, 2.05) is 0 Å². The van der Waals surface area contributed by atoms with E-state index in [1.165, 1.54) is 0 Å². The zero-order chi connectivity index (χ0) is 14.5. The summed E-state index contributed by atoms with van der Waals surface area (Å²) in [6, 6.07) is -0.182. The van der Waals surface area contributed by atoms with Gasteiger partial charge in [0.15, 0.2) is 0 Å². The topological polar surface area (TPSA) is 89.9 Å². The second-order valence-electron chi connectivity index (χ2n) is 5.92. The smallest absolute Gasteiger partial charge is 0.317 e. The minimum absolute atomic E-state index is 0.0277. The highest BCUT2D eigenvalue weighted by Gasteiger charge is 2.31. The van der Waals surface area contributed by atoms with E-state index in [9.17, 15) is 19.8 Å². The molecule has 3 atom stereocenters. The average molecular weight is 284 g/mol. The van der Waals surface area contributed by atoms with Gasteiger partial charge in [0, 0.05) is 19.6 Å². The Labute approximate surface area is 119 Å². The number of β-amino-alcohol motifs (C(OH)–C–C–N with tert-alkyl or cyclic N) is 1. The van der Waals surface area contributed by atoms with Crippen molar-refractivity contribution in [3.8, 4) is 0 Å². The fourth-order valence-corrected chi connectivity index (χ4v) is 3.25. The van der Waals surface area contributed by atoms with Gasteiger partial charge < -0.3 is 20.4 Å². The van der Waals surface area contributed by atoms with Crippen LogP contribution in [0.1, 0.15) is 38.5 Å². The molecule has 6 heteroatoms. The number of amides is 2. The number of aliphatic carboxylic acids is 1. The van der Waals surface area contributed by atoms with Gasteiger partial charge in [-0.3, -0.25) is 4.79 Å². The summed E-state index contributed by atoms with van der Waals surface area (Å²) in [6.45, 7) is 1.46. The summed E-state index contributed by atoms with van der Waals surface area (Å²) in [6.07, 6.45) is 4.68. The minimum atomic E-state index is -0.752. The van der Waals surface area contributed by atoms with E-state index in [0.717, 1.165) is 32.1 Å². The molecule has 20 heavy (non-hydrogen) atoms. The second kappa shape index (κ2) is 6.92. The summed E-state index contributed by atoms with van der Waals surface area (Å²) >= 11 is 0. The third kappa shape index (κ3) is 3.85. The lowest BCUT2D eigenvalue weighted by atomic mass is 9.79. The van der Waals surface area contributed by atoms with Crippen LogP contribution in [0.15, 0.2) is 0 Å². The molecule has 2 fully saturated rings. The predicted molar refractivity (Wildman–Crippen MR) is 73.3 cm³/mol. The van der Waals surface area contributed by atoms with Crippen molar-refractivity contribution >= 4 is 12.0 Å². The molecule has 1 heterocycles. The number of aliphatic hydroxyl groups excluding tert-OH is 1. The SMILES string of the molecule is O=C(O)C1CCCCC1CNC(=O)N1CCCC(O)C1. The van der Waals surface area contributed by atoms with Gasteiger partial charge in [-0.25, -0.2) is 4.79 Å². The standard InChI is InChI=1S/C14H24N2O4/c17-11-5-3-7-16(9-11)14(20)15-8-10-4-1-2-6-12(10)13(18)19/h10-12,17H,1-9H2,(H,15,20)(H,18,19). The van der Waals surface area contributed by atoms with Gasteiger partial charge in [-0.1, -0.05) is 12.8 Å². The van der Waals surface area contributed by atoms with E-state index in [0.29, 0.717) is 26.1 Å². The average Bonchev–Trinajstić information content (AvgIpc) is 2.45. The van der Waals surface area contributed by atoms with E-state index < -0.39 is 12.1 Å². The maximum Gasteiger partial charge on any atom is 0.317 e. The summed E-state index contributed by atoms with van der Waals surface area (Å²) in [5.41, 5.74) is 0. The first kappa shape index (κ1) is 15.1. The Morgan fingerprint density at radius 2 is 1.90 bits per heavy atom. The molecule has 0 spiro atoms. The molecular formula is C14H24N2O4. The van der Waals surface area contributed by atoms with Crippen LogP contribution in [-0.4, -0.2) is 52.9 Å². The maximum atomic E-state index is 12.0. The van der Waals surface area contributed by atoms with E-state index in [-0.39, 0.29) is 17.9 Å². The number of hydrogen-bond acceptors (Lipinski definition) is 3.